The highest BCUT2D eigenvalue weighted by molar-refractivity contribution is 9.11. The van der Waals surface area contributed by atoms with Crippen LogP contribution in [0.4, 0.5) is 0 Å². The molecule has 76 valence electrons. The highest BCUT2D eigenvalue weighted by Gasteiger charge is 2.17. The molecule has 0 aliphatic carbocycles. The van der Waals surface area contributed by atoms with E-state index < -0.39 is 0 Å². The molecule has 0 amide bonds. The molecule has 0 saturated carbocycles. The summed E-state index contributed by atoms with van der Waals surface area (Å²) in [7, 11) is 0. The van der Waals surface area contributed by atoms with Crippen LogP contribution in [0, 0.1) is 5.92 Å². The van der Waals surface area contributed by atoms with Crippen LogP contribution in [-0.2, 0) is 11.2 Å². The standard InChI is InChI=1S/C9H10Br2N2O/c10-7-4-8(11)13-9(12-7)3-6-1-2-14-5-6/h4,6H,1-3,5H2. The third-order valence-corrected chi connectivity index (χ3v) is 3.02. The van der Waals surface area contributed by atoms with E-state index in [4.69, 9.17) is 4.74 Å². The van der Waals surface area contributed by atoms with Crippen molar-refractivity contribution in [2.45, 2.75) is 12.8 Å². The van der Waals surface area contributed by atoms with E-state index in [9.17, 15) is 0 Å². The molecule has 0 aromatic carbocycles. The Kier molecular flexibility index (Phi) is 3.52. The second kappa shape index (κ2) is 4.68. The van der Waals surface area contributed by atoms with Gasteiger partial charge in [0.1, 0.15) is 15.0 Å². The average Bonchev–Trinajstić information content (AvgIpc) is 2.54. The fourth-order valence-corrected chi connectivity index (χ4v) is 2.68. The number of ether oxygens (including phenoxy) is 1. The summed E-state index contributed by atoms with van der Waals surface area (Å²) >= 11 is 6.70. The van der Waals surface area contributed by atoms with Gasteiger partial charge >= 0.3 is 0 Å². The van der Waals surface area contributed by atoms with E-state index in [0.717, 1.165) is 41.1 Å². The Balaban J connectivity index is 2.07. The maximum absolute atomic E-state index is 5.31. The quantitative estimate of drug-likeness (QED) is 0.785. The molecule has 1 saturated heterocycles. The smallest absolute Gasteiger partial charge is 0.131 e. The lowest BCUT2D eigenvalue weighted by Crippen LogP contribution is -2.07. The van der Waals surface area contributed by atoms with Gasteiger partial charge in [-0.05, 0) is 44.2 Å². The molecule has 1 aliphatic rings. The Morgan fingerprint density at radius 1 is 1.36 bits per heavy atom. The van der Waals surface area contributed by atoms with Gasteiger partial charge in [0.25, 0.3) is 0 Å². The molecule has 1 aromatic rings. The second-order valence-electron chi connectivity index (χ2n) is 3.36. The van der Waals surface area contributed by atoms with Crippen LogP contribution >= 0.6 is 31.9 Å². The molecule has 1 fully saturated rings. The van der Waals surface area contributed by atoms with E-state index in [1.165, 1.54) is 0 Å². The molecule has 2 heterocycles. The normalized spacial score (nSPS) is 21.4. The Morgan fingerprint density at radius 2 is 2.07 bits per heavy atom. The zero-order chi connectivity index (χ0) is 9.97. The summed E-state index contributed by atoms with van der Waals surface area (Å²) in [5, 5.41) is 0. The van der Waals surface area contributed by atoms with E-state index in [0.29, 0.717) is 5.92 Å². The van der Waals surface area contributed by atoms with Crippen LogP contribution in [0.3, 0.4) is 0 Å². The van der Waals surface area contributed by atoms with Crippen LogP contribution in [0.2, 0.25) is 0 Å². The molecule has 1 atom stereocenters. The minimum Gasteiger partial charge on any atom is -0.381 e. The second-order valence-corrected chi connectivity index (χ2v) is 4.99. The van der Waals surface area contributed by atoms with Crippen LogP contribution in [0.15, 0.2) is 15.3 Å². The molecule has 0 N–H and O–H groups in total. The fourth-order valence-electron chi connectivity index (χ4n) is 1.53. The summed E-state index contributed by atoms with van der Waals surface area (Å²) in [4.78, 5) is 8.64. The fraction of sp³-hybridized carbons (Fsp3) is 0.556. The summed E-state index contributed by atoms with van der Waals surface area (Å²) in [6, 6.07) is 1.84. The Morgan fingerprint density at radius 3 is 2.64 bits per heavy atom. The molecule has 1 aromatic heterocycles. The third kappa shape index (κ3) is 2.74. The molecule has 5 heteroatoms. The van der Waals surface area contributed by atoms with Crippen molar-refractivity contribution in [3.05, 3.63) is 21.1 Å². The van der Waals surface area contributed by atoms with Crippen molar-refractivity contribution in [1.29, 1.82) is 0 Å². The maximum atomic E-state index is 5.31. The number of rotatable bonds is 2. The molecular formula is C9H10Br2N2O. The van der Waals surface area contributed by atoms with Crippen LogP contribution in [-0.4, -0.2) is 23.2 Å². The van der Waals surface area contributed by atoms with Gasteiger partial charge in [-0.2, -0.15) is 0 Å². The first-order chi connectivity index (χ1) is 6.74. The Bertz CT molecular complexity index is 306. The summed E-state index contributed by atoms with van der Waals surface area (Å²) in [5.74, 6) is 1.46. The van der Waals surface area contributed by atoms with Crippen LogP contribution in [0.5, 0.6) is 0 Å². The molecule has 14 heavy (non-hydrogen) atoms. The van der Waals surface area contributed by atoms with Gasteiger partial charge in [0.05, 0.1) is 0 Å². The molecular weight excluding hydrogens is 312 g/mol. The number of halogens is 2. The van der Waals surface area contributed by atoms with Gasteiger partial charge in [0, 0.05) is 25.7 Å². The van der Waals surface area contributed by atoms with E-state index >= 15 is 0 Å². The lowest BCUT2D eigenvalue weighted by atomic mass is 10.1. The third-order valence-electron chi connectivity index (χ3n) is 2.21. The van der Waals surface area contributed by atoms with Gasteiger partial charge in [-0.25, -0.2) is 9.97 Å². The number of nitrogens with zero attached hydrogens (tertiary/aromatic N) is 2. The first-order valence-electron chi connectivity index (χ1n) is 4.51. The minimum absolute atomic E-state index is 0.580. The summed E-state index contributed by atoms with van der Waals surface area (Å²) in [6.07, 6.45) is 2.02. The van der Waals surface area contributed by atoms with Crippen molar-refractivity contribution in [2.24, 2.45) is 5.92 Å². The van der Waals surface area contributed by atoms with Gasteiger partial charge in [0.15, 0.2) is 0 Å². The average molecular weight is 322 g/mol. The Labute approximate surface area is 99.5 Å². The minimum atomic E-state index is 0.580. The lowest BCUT2D eigenvalue weighted by molar-refractivity contribution is 0.185. The molecule has 0 spiro atoms. The van der Waals surface area contributed by atoms with Crippen LogP contribution < -0.4 is 0 Å². The predicted octanol–water partition coefficient (Wildman–Crippen LogP) is 2.58. The van der Waals surface area contributed by atoms with Crippen molar-refractivity contribution in [2.75, 3.05) is 13.2 Å². The lowest BCUT2D eigenvalue weighted by Gasteiger charge is -2.06. The van der Waals surface area contributed by atoms with E-state index in [1.807, 2.05) is 6.07 Å². The highest BCUT2D eigenvalue weighted by atomic mass is 79.9. The summed E-state index contributed by atoms with van der Waals surface area (Å²) in [5.41, 5.74) is 0. The molecule has 3 nitrogen and oxygen atoms in total. The SMILES string of the molecule is Brc1cc(Br)nc(CC2CCOC2)n1. The van der Waals surface area contributed by atoms with E-state index in [2.05, 4.69) is 41.8 Å². The monoisotopic (exact) mass is 320 g/mol. The number of hydrogen-bond acceptors (Lipinski definition) is 3. The molecule has 1 unspecified atom stereocenters. The van der Waals surface area contributed by atoms with E-state index in [-0.39, 0.29) is 0 Å². The molecule has 0 radical (unpaired) electrons. The summed E-state index contributed by atoms with van der Waals surface area (Å²) < 4.78 is 6.97. The van der Waals surface area contributed by atoms with Crippen molar-refractivity contribution in [3.8, 4) is 0 Å². The van der Waals surface area contributed by atoms with Crippen LogP contribution in [0.1, 0.15) is 12.2 Å². The maximum Gasteiger partial charge on any atom is 0.131 e. The zero-order valence-electron chi connectivity index (χ0n) is 7.54. The molecule has 2 rings (SSSR count). The van der Waals surface area contributed by atoms with Gasteiger partial charge in [-0.1, -0.05) is 0 Å². The van der Waals surface area contributed by atoms with Crippen molar-refractivity contribution in [1.82, 2.24) is 9.97 Å². The van der Waals surface area contributed by atoms with Crippen molar-refractivity contribution in [3.63, 3.8) is 0 Å². The van der Waals surface area contributed by atoms with Gasteiger partial charge in [-0.15, -0.1) is 0 Å². The van der Waals surface area contributed by atoms with Gasteiger partial charge in [0.2, 0.25) is 0 Å². The first kappa shape index (κ1) is 10.5. The van der Waals surface area contributed by atoms with Gasteiger partial charge in [-0.3, -0.25) is 0 Å². The largest absolute Gasteiger partial charge is 0.381 e. The topological polar surface area (TPSA) is 35.0 Å². The predicted molar refractivity (Wildman–Crippen MR) is 60.1 cm³/mol. The highest BCUT2D eigenvalue weighted by Crippen LogP contribution is 2.19. The van der Waals surface area contributed by atoms with Gasteiger partial charge < -0.3 is 4.74 Å². The van der Waals surface area contributed by atoms with Crippen molar-refractivity contribution >= 4 is 31.9 Å². The van der Waals surface area contributed by atoms with E-state index in [1.54, 1.807) is 0 Å². The number of aromatic nitrogens is 2. The zero-order valence-corrected chi connectivity index (χ0v) is 10.7. The van der Waals surface area contributed by atoms with Crippen LogP contribution in [0.25, 0.3) is 0 Å². The summed E-state index contributed by atoms with van der Waals surface area (Å²) in [6.45, 7) is 1.72. The molecule has 0 bridgehead atoms. The van der Waals surface area contributed by atoms with Crippen molar-refractivity contribution < 1.29 is 4.74 Å². The Hall–Kier alpha value is -0.0000000000000000833. The number of hydrogen-bond donors (Lipinski definition) is 0. The molecule has 1 aliphatic heterocycles. The first-order valence-corrected chi connectivity index (χ1v) is 6.09.